The summed E-state index contributed by atoms with van der Waals surface area (Å²) in [5.41, 5.74) is 2.45. The molecule has 0 spiro atoms. The number of rotatable bonds is 6. The minimum Gasteiger partial charge on any atom is -0.395 e. The zero-order chi connectivity index (χ0) is 15.8. The molecular weight excluding hydrogens is 276 g/mol. The lowest BCUT2D eigenvalue weighted by Crippen LogP contribution is -2.13. The van der Waals surface area contributed by atoms with Crippen molar-refractivity contribution in [2.24, 2.45) is 0 Å². The topological polar surface area (TPSA) is 35.5 Å². The van der Waals surface area contributed by atoms with Gasteiger partial charge in [0.05, 0.1) is 0 Å². The van der Waals surface area contributed by atoms with Crippen LogP contribution in [-0.4, -0.2) is 6.16 Å². The van der Waals surface area contributed by atoms with Gasteiger partial charge in [-0.15, -0.1) is 0 Å². The Hall–Kier alpha value is -2.29. The summed E-state index contributed by atoms with van der Waals surface area (Å²) in [6.45, 7) is 4.24. The van der Waals surface area contributed by atoms with Gasteiger partial charge in [-0.2, -0.15) is 0 Å². The Labute approximate surface area is 131 Å². The Kier molecular flexibility index (Phi) is 6.01. The molecule has 0 aliphatic rings. The summed E-state index contributed by atoms with van der Waals surface area (Å²) < 4.78 is 10.3. The lowest BCUT2D eigenvalue weighted by atomic mass is 10.1. The minimum atomic E-state index is -0.717. The van der Waals surface area contributed by atoms with Crippen LogP contribution in [0.25, 0.3) is 0 Å². The van der Waals surface area contributed by atoms with Gasteiger partial charge in [0, 0.05) is 0 Å². The predicted octanol–water partition coefficient (Wildman–Crippen LogP) is 5.17. The van der Waals surface area contributed by atoms with Crippen LogP contribution >= 0.6 is 0 Å². The Morgan fingerprint density at radius 3 is 1.77 bits per heavy atom. The van der Waals surface area contributed by atoms with Gasteiger partial charge >= 0.3 is 6.16 Å². The second kappa shape index (κ2) is 8.23. The zero-order valence-corrected chi connectivity index (χ0v) is 13.2. The third-order valence-corrected chi connectivity index (χ3v) is 3.48. The average molecular weight is 298 g/mol. The van der Waals surface area contributed by atoms with E-state index in [-0.39, 0.29) is 0 Å². The van der Waals surface area contributed by atoms with Gasteiger partial charge in [0.15, 0.2) is 0 Å². The summed E-state index contributed by atoms with van der Waals surface area (Å²) in [4.78, 5) is 11.7. The number of hydrogen-bond acceptors (Lipinski definition) is 3. The van der Waals surface area contributed by atoms with E-state index in [1.165, 1.54) is 17.5 Å². The summed E-state index contributed by atoms with van der Waals surface area (Å²) in [5.74, 6) is 0.984. The van der Waals surface area contributed by atoms with Crippen molar-refractivity contribution in [2.45, 2.75) is 39.5 Å². The molecule has 0 unspecified atom stereocenters. The number of hydrogen-bond donors (Lipinski definition) is 0. The van der Waals surface area contributed by atoms with Crippen LogP contribution in [0.4, 0.5) is 4.79 Å². The highest BCUT2D eigenvalue weighted by atomic mass is 16.7. The van der Waals surface area contributed by atoms with Gasteiger partial charge < -0.3 is 9.47 Å². The summed E-state index contributed by atoms with van der Waals surface area (Å²) in [6, 6.07) is 15.0. The Bertz CT molecular complexity index is 585. The van der Waals surface area contributed by atoms with Crippen LogP contribution in [-0.2, 0) is 12.8 Å². The first-order chi connectivity index (χ1) is 10.7. The molecule has 0 N–H and O–H groups in total. The van der Waals surface area contributed by atoms with Crippen LogP contribution in [0.3, 0.4) is 0 Å². The molecule has 0 aliphatic heterocycles. The number of carbonyl (C=O) groups is 1. The molecule has 0 saturated heterocycles. The molecule has 0 fully saturated rings. The first-order valence-electron chi connectivity index (χ1n) is 7.78. The van der Waals surface area contributed by atoms with E-state index in [0.29, 0.717) is 11.5 Å². The van der Waals surface area contributed by atoms with Gasteiger partial charge in [0.1, 0.15) is 11.5 Å². The highest BCUT2D eigenvalue weighted by Crippen LogP contribution is 2.17. The van der Waals surface area contributed by atoms with Gasteiger partial charge in [-0.25, -0.2) is 4.79 Å². The molecule has 2 aromatic carbocycles. The van der Waals surface area contributed by atoms with Crippen molar-refractivity contribution < 1.29 is 14.3 Å². The van der Waals surface area contributed by atoms with Crippen LogP contribution < -0.4 is 9.47 Å². The molecular formula is C19H22O3. The Morgan fingerprint density at radius 2 is 1.32 bits per heavy atom. The first kappa shape index (κ1) is 16.1. The maximum Gasteiger partial charge on any atom is 0.519 e. The number of carbonyl (C=O) groups excluding carboxylic acids is 1. The molecule has 0 heterocycles. The summed E-state index contributed by atoms with van der Waals surface area (Å²) in [6.07, 6.45) is 3.61. The number of ether oxygens (including phenoxy) is 2. The van der Waals surface area contributed by atoms with Gasteiger partial charge in [0.2, 0.25) is 0 Å². The number of unbranched alkanes of at least 4 members (excludes halogenated alkanes) is 1. The Balaban J connectivity index is 1.88. The lowest BCUT2D eigenvalue weighted by Gasteiger charge is -2.07. The molecule has 116 valence electrons. The van der Waals surface area contributed by atoms with Gasteiger partial charge in [-0.1, -0.05) is 44.5 Å². The maximum atomic E-state index is 11.7. The summed E-state index contributed by atoms with van der Waals surface area (Å²) in [7, 11) is 0. The normalized spacial score (nSPS) is 10.3. The van der Waals surface area contributed by atoms with Crippen molar-refractivity contribution in [3.63, 3.8) is 0 Å². The fraction of sp³-hybridized carbons (Fsp3) is 0.316. The molecule has 0 aliphatic carbocycles. The summed E-state index contributed by atoms with van der Waals surface area (Å²) >= 11 is 0. The van der Waals surface area contributed by atoms with Crippen molar-refractivity contribution in [3.8, 4) is 11.5 Å². The third kappa shape index (κ3) is 4.92. The van der Waals surface area contributed by atoms with E-state index in [1.807, 2.05) is 24.3 Å². The van der Waals surface area contributed by atoms with Gasteiger partial charge in [0.25, 0.3) is 0 Å². The molecule has 0 saturated carbocycles. The van der Waals surface area contributed by atoms with Gasteiger partial charge in [-0.3, -0.25) is 0 Å². The van der Waals surface area contributed by atoms with E-state index in [0.717, 1.165) is 19.3 Å². The molecule has 2 rings (SSSR count). The SMILES string of the molecule is CCCCc1ccc(OC(=O)Oc2ccc(CC)cc2)cc1. The van der Waals surface area contributed by atoms with Gasteiger partial charge in [-0.05, 0) is 54.7 Å². The monoisotopic (exact) mass is 298 g/mol. The van der Waals surface area contributed by atoms with Crippen molar-refractivity contribution in [1.82, 2.24) is 0 Å². The van der Waals surface area contributed by atoms with Crippen molar-refractivity contribution >= 4 is 6.16 Å². The largest absolute Gasteiger partial charge is 0.519 e. The molecule has 3 heteroatoms. The molecule has 22 heavy (non-hydrogen) atoms. The third-order valence-electron chi connectivity index (χ3n) is 3.48. The molecule has 0 radical (unpaired) electrons. The maximum absolute atomic E-state index is 11.7. The number of benzene rings is 2. The molecule has 0 amide bonds. The van der Waals surface area contributed by atoms with Crippen LogP contribution in [0, 0.1) is 0 Å². The van der Waals surface area contributed by atoms with Crippen molar-refractivity contribution in [3.05, 3.63) is 59.7 Å². The fourth-order valence-electron chi connectivity index (χ4n) is 2.11. The highest BCUT2D eigenvalue weighted by Gasteiger charge is 2.08. The molecule has 3 nitrogen and oxygen atoms in total. The zero-order valence-electron chi connectivity index (χ0n) is 13.2. The predicted molar refractivity (Wildman–Crippen MR) is 87.5 cm³/mol. The van der Waals surface area contributed by atoms with E-state index in [2.05, 4.69) is 13.8 Å². The fourth-order valence-corrected chi connectivity index (χ4v) is 2.11. The van der Waals surface area contributed by atoms with E-state index >= 15 is 0 Å². The minimum absolute atomic E-state index is 0.488. The average Bonchev–Trinajstić information content (AvgIpc) is 2.55. The smallest absolute Gasteiger partial charge is 0.395 e. The molecule has 0 bridgehead atoms. The standard InChI is InChI=1S/C19H22O3/c1-3-5-6-16-9-13-18(14-10-16)22-19(20)21-17-11-7-15(4-2)8-12-17/h7-14H,3-6H2,1-2H3. The lowest BCUT2D eigenvalue weighted by molar-refractivity contribution is 0.152. The quantitative estimate of drug-likeness (QED) is 0.545. The molecule has 0 aromatic heterocycles. The molecule has 2 aromatic rings. The van der Waals surface area contributed by atoms with Crippen LogP contribution in [0.5, 0.6) is 11.5 Å². The second-order valence-corrected chi connectivity index (χ2v) is 5.20. The molecule has 0 atom stereocenters. The van der Waals surface area contributed by atoms with Crippen LogP contribution in [0.1, 0.15) is 37.8 Å². The van der Waals surface area contributed by atoms with E-state index in [1.54, 1.807) is 24.3 Å². The van der Waals surface area contributed by atoms with Crippen LogP contribution in [0.2, 0.25) is 0 Å². The van der Waals surface area contributed by atoms with E-state index in [4.69, 9.17) is 9.47 Å². The van der Waals surface area contributed by atoms with E-state index in [9.17, 15) is 4.79 Å². The van der Waals surface area contributed by atoms with E-state index < -0.39 is 6.16 Å². The van der Waals surface area contributed by atoms with Crippen molar-refractivity contribution in [1.29, 1.82) is 0 Å². The summed E-state index contributed by atoms with van der Waals surface area (Å²) in [5, 5.41) is 0. The van der Waals surface area contributed by atoms with Crippen molar-refractivity contribution in [2.75, 3.05) is 0 Å². The van der Waals surface area contributed by atoms with Crippen LogP contribution in [0.15, 0.2) is 48.5 Å². The first-order valence-corrected chi connectivity index (χ1v) is 7.78. The number of aryl methyl sites for hydroxylation is 2. The second-order valence-electron chi connectivity index (χ2n) is 5.20. The Morgan fingerprint density at radius 1 is 0.818 bits per heavy atom. The highest BCUT2D eigenvalue weighted by molar-refractivity contribution is 5.67.